The predicted molar refractivity (Wildman–Crippen MR) is 84.8 cm³/mol. The van der Waals surface area contributed by atoms with Gasteiger partial charge in [0.15, 0.2) is 0 Å². The van der Waals surface area contributed by atoms with Crippen LogP contribution in [-0.2, 0) is 6.54 Å². The molecule has 0 aliphatic rings. The van der Waals surface area contributed by atoms with Crippen molar-refractivity contribution in [3.63, 3.8) is 0 Å². The Labute approximate surface area is 122 Å². The van der Waals surface area contributed by atoms with Crippen LogP contribution in [0, 0.1) is 6.92 Å². The molecule has 1 aromatic carbocycles. The average molecular weight is 271 g/mol. The summed E-state index contributed by atoms with van der Waals surface area (Å²) in [6.07, 6.45) is 3.30. The molecule has 3 nitrogen and oxygen atoms in total. The van der Waals surface area contributed by atoms with Crippen molar-refractivity contribution in [3.8, 4) is 11.1 Å². The van der Waals surface area contributed by atoms with Crippen LogP contribution in [0.3, 0.4) is 0 Å². The van der Waals surface area contributed by atoms with Crippen molar-refractivity contribution in [2.45, 2.75) is 46.7 Å². The van der Waals surface area contributed by atoms with Crippen LogP contribution < -0.4 is 5.32 Å². The van der Waals surface area contributed by atoms with E-state index in [1.165, 1.54) is 16.7 Å². The van der Waals surface area contributed by atoms with Gasteiger partial charge in [0, 0.05) is 24.3 Å². The van der Waals surface area contributed by atoms with E-state index in [0.717, 1.165) is 25.2 Å². The Morgan fingerprint density at radius 3 is 2.75 bits per heavy atom. The summed E-state index contributed by atoms with van der Waals surface area (Å²) in [5.41, 5.74) is 4.92. The fraction of sp³-hybridized carbons (Fsp3) is 0.471. The molecule has 0 aliphatic heterocycles. The minimum Gasteiger partial charge on any atom is -0.310 e. The second-order valence-electron chi connectivity index (χ2n) is 5.29. The number of rotatable bonds is 6. The van der Waals surface area contributed by atoms with Gasteiger partial charge in [-0.2, -0.15) is 5.10 Å². The fourth-order valence-electron chi connectivity index (χ4n) is 2.42. The molecule has 0 radical (unpaired) electrons. The van der Waals surface area contributed by atoms with Gasteiger partial charge in [0.1, 0.15) is 0 Å². The van der Waals surface area contributed by atoms with Gasteiger partial charge < -0.3 is 5.32 Å². The van der Waals surface area contributed by atoms with Gasteiger partial charge in [-0.1, -0.05) is 25.1 Å². The zero-order valence-electron chi connectivity index (χ0n) is 13.0. The highest BCUT2D eigenvalue weighted by molar-refractivity contribution is 5.65. The molecule has 0 aliphatic carbocycles. The summed E-state index contributed by atoms with van der Waals surface area (Å²) in [4.78, 5) is 0. The van der Waals surface area contributed by atoms with E-state index < -0.39 is 0 Å². The monoisotopic (exact) mass is 271 g/mol. The van der Waals surface area contributed by atoms with Crippen LogP contribution in [0.5, 0.6) is 0 Å². The van der Waals surface area contributed by atoms with Gasteiger partial charge in [-0.3, -0.25) is 4.68 Å². The van der Waals surface area contributed by atoms with Gasteiger partial charge >= 0.3 is 0 Å². The number of aryl methyl sites for hydroxylation is 2. The molecule has 0 saturated heterocycles. The third kappa shape index (κ3) is 3.28. The first-order valence-corrected chi connectivity index (χ1v) is 7.53. The quantitative estimate of drug-likeness (QED) is 0.862. The Hall–Kier alpha value is -1.61. The lowest BCUT2D eigenvalue weighted by Gasteiger charge is -2.14. The maximum Gasteiger partial charge on any atom is 0.0672 e. The summed E-state index contributed by atoms with van der Waals surface area (Å²) in [5, 5.41) is 8.07. The van der Waals surface area contributed by atoms with Gasteiger partial charge in [0.05, 0.1) is 5.69 Å². The number of nitrogens with one attached hydrogen (secondary N) is 1. The van der Waals surface area contributed by atoms with Gasteiger partial charge in [0.2, 0.25) is 0 Å². The van der Waals surface area contributed by atoms with Gasteiger partial charge in [-0.15, -0.1) is 0 Å². The van der Waals surface area contributed by atoms with Crippen LogP contribution in [0.25, 0.3) is 11.1 Å². The molecular formula is C17H25N3. The minimum atomic E-state index is 0.386. The summed E-state index contributed by atoms with van der Waals surface area (Å²) in [5.74, 6) is 0. The van der Waals surface area contributed by atoms with E-state index in [-0.39, 0.29) is 0 Å². The third-order valence-electron chi connectivity index (χ3n) is 3.67. The Morgan fingerprint density at radius 2 is 2.10 bits per heavy atom. The number of benzene rings is 1. The maximum atomic E-state index is 4.53. The molecule has 0 amide bonds. The summed E-state index contributed by atoms with van der Waals surface area (Å²) in [6.45, 7) is 10.6. The molecule has 20 heavy (non-hydrogen) atoms. The van der Waals surface area contributed by atoms with Crippen molar-refractivity contribution < 1.29 is 0 Å². The smallest absolute Gasteiger partial charge is 0.0672 e. The maximum absolute atomic E-state index is 4.53. The molecule has 1 unspecified atom stereocenters. The average Bonchev–Trinajstić information content (AvgIpc) is 2.86. The number of hydrogen-bond donors (Lipinski definition) is 1. The molecule has 3 heteroatoms. The zero-order valence-corrected chi connectivity index (χ0v) is 13.0. The third-order valence-corrected chi connectivity index (χ3v) is 3.67. The molecule has 0 bridgehead atoms. The van der Waals surface area contributed by atoms with Crippen molar-refractivity contribution in [2.75, 3.05) is 6.54 Å². The molecule has 1 aromatic heterocycles. The van der Waals surface area contributed by atoms with Crippen LogP contribution in [0.4, 0.5) is 0 Å². The molecule has 0 spiro atoms. The zero-order chi connectivity index (χ0) is 14.5. The lowest BCUT2D eigenvalue weighted by atomic mass is 10.0. The summed E-state index contributed by atoms with van der Waals surface area (Å²) in [7, 11) is 0. The standard InChI is InChI=1S/C17H25N3/c1-5-10-18-13(3)15-8-7-9-16(11-15)17-12-20(6-2)19-14(17)4/h7-9,11-13,18H,5-6,10H2,1-4H3. The lowest BCUT2D eigenvalue weighted by molar-refractivity contribution is 0.571. The van der Waals surface area contributed by atoms with Crippen molar-refractivity contribution in [1.82, 2.24) is 15.1 Å². The second kappa shape index (κ2) is 6.71. The first-order chi connectivity index (χ1) is 9.65. The Morgan fingerprint density at radius 1 is 1.30 bits per heavy atom. The summed E-state index contributed by atoms with van der Waals surface area (Å²) in [6, 6.07) is 9.15. The summed E-state index contributed by atoms with van der Waals surface area (Å²) < 4.78 is 2.00. The molecular weight excluding hydrogens is 246 g/mol. The molecule has 1 heterocycles. The van der Waals surface area contributed by atoms with Crippen LogP contribution in [0.1, 0.15) is 44.5 Å². The molecule has 1 N–H and O–H groups in total. The highest BCUT2D eigenvalue weighted by Gasteiger charge is 2.09. The largest absolute Gasteiger partial charge is 0.310 e. The van der Waals surface area contributed by atoms with Gasteiger partial charge in [-0.25, -0.2) is 0 Å². The van der Waals surface area contributed by atoms with Crippen molar-refractivity contribution in [1.29, 1.82) is 0 Å². The number of hydrogen-bond acceptors (Lipinski definition) is 2. The van der Waals surface area contributed by atoms with Crippen LogP contribution in [-0.4, -0.2) is 16.3 Å². The second-order valence-corrected chi connectivity index (χ2v) is 5.29. The highest BCUT2D eigenvalue weighted by atomic mass is 15.3. The van der Waals surface area contributed by atoms with Crippen molar-refractivity contribution >= 4 is 0 Å². The Balaban J connectivity index is 2.26. The number of aromatic nitrogens is 2. The van der Waals surface area contributed by atoms with Crippen molar-refractivity contribution in [3.05, 3.63) is 41.7 Å². The SMILES string of the molecule is CCCNC(C)c1cccc(-c2cn(CC)nc2C)c1. The first kappa shape index (κ1) is 14.8. The predicted octanol–water partition coefficient (Wildman–Crippen LogP) is 3.94. The molecule has 0 saturated carbocycles. The highest BCUT2D eigenvalue weighted by Crippen LogP contribution is 2.25. The van der Waals surface area contributed by atoms with E-state index >= 15 is 0 Å². The van der Waals surface area contributed by atoms with Gasteiger partial charge in [0.25, 0.3) is 0 Å². The first-order valence-electron chi connectivity index (χ1n) is 7.53. The van der Waals surface area contributed by atoms with Crippen LogP contribution in [0.15, 0.2) is 30.5 Å². The molecule has 2 aromatic rings. The van der Waals surface area contributed by atoms with Crippen LogP contribution in [0.2, 0.25) is 0 Å². The topological polar surface area (TPSA) is 29.9 Å². The van der Waals surface area contributed by atoms with E-state index in [0.29, 0.717) is 6.04 Å². The molecule has 2 rings (SSSR count). The van der Waals surface area contributed by atoms with Crippen LogP contribution >= 0.6 is 0 Å². The molecule has 1 atom stereocenters. The lowest BCUT2D eigenvalue weighted by Crippen LogP contribution is -2.19. The molecule has 0 fully saturated rings. The molecule has 108 valence electrons. The van der Waals surface area contributed by atoms with Crippen molar-refractivity contribution in [2.24, 2.45) is 0 Å². The normalized spacial score (nSPS) is 12.6. The van der Waals surface area contributed by atoms with E-state index in [2.05, 4.69) is 68.6 Å². The number of nitrogens with zero attached hydrogens (tertiary/aromatic N) is 2. The van der Waals surface area contributed by atoms with E-state index in [1.54, 1.807) is 0 Å². The van der Waals surface area contributed by atoms with E-state index in [9.17, 15) is 0 Å². The van der Waals surface area contributed by atoms with E-state index in [4.69, 9.17) is 0 Å². The fourth-order valence-corrected chi connectivity index (χ4v) is 2.42. The van der Waals surface area contributed by atoms with E-state index in [1.807, 2.05) is 4.68 Å². The Kier molecular flexibility index (Phi) is 4.96. The van der Waals surface area contributed by atoms with Gasteiger partial charge in [-0.05, 0) is 50.9 Å². The minimum absolute atomic E-state index is 0.386. The summed E-state index contributed by atoms with van der Waals surface area (Å²) >= 11 is 0. The Bertz CT molecular complexity index is 557.